The van der Waals surface area contributed by atoms with Gasteiger partial charge in [-0.3, -0.25) is 37.3 Å². The zero-order chi connectivity index (χ0) is 80.0. The number of unbranched alkanes of at least 4 members (excludes halogenated alkanes) is 55. The van der Waals surface area contributed by atoms with Crippen LogP contribution in [0.3, 0.4) is 0 Å². The molecule has 0 aromatic heterocycles. The highest BCUT2D eigenvalue weighted by atomic mass is 31.2. The molecular formula is C90H176O17P2. The molecule has 0 aliphatic carbocycles. The second kappa shape index (κ2) is 79.9. The highest BCUT2D eigenvalue weighted by Gasteiger charge is 2.31. The average Bonchev–Trinajstić information content (AvgIpc) is 0.898. The summed E-state index contributed by atoms with van der Waals surface area (Å²) in [6.45, 7) is 12.1. The molecule has 0 saturated heterocycles. The summed E-state index contributed by atoms with van der Waals surface area (Å²) in [5.74, 6) is 0.375. The maximum absolute atomic E-state index is 13.2. The van der Waals surface area contributed by atoms with Crippen LogP contribution in [0.5, 0.6) is 0 Å². The van der Waals surface area contributed by atoms with E-state index in [0.717, 1.165) is 108 Å². The van der Waals surface area contributed by atoms with Crippen molar-refractivity contribution in [1.82, 2.24) is 0 Å². The first-order valence-corrected chi connectivity index (χ1v) is 49.4. The zero-order valence-corrected chi connectivity index (χ0v) is 73.8. The molecule has 0 aromatic carbocycles. The molecule has 0 aliphatic rings. The SMILES string of the molecule is CCCCCCCCCCCCCCC(=O)OC[C@H](COP(=O)(O)OC[C@H](O)COP(=O)(O)OC[C@@H](COC(=O)CCCCCCCCCCCCCCCCCC(C)C)OC(=O)CCCCCCCCCCCCCCCCCCCCC(C)C)OC(=O)CCCCCCCCCCCCCCCCC(C)CC. The summed E-state index contributed by atoms with van der Waals surface area (Å²) in [5, 5.41) is 10.7. The summed E-state index contributed by atoms with van der Waals surface area (Å²) in [4.78, 5) is 73.4. The van der Waals surface area contributed by atoms with E-state index in [1.54, 1.807) is 0 Å². The lowest BCUT2D eigenvalue weighted by Gasteiger charge is -2.21. The quantitative estimate of drug-likeness (QED) is 0.0222. The van der Waals surface area contributed by atoms with E-state index in [-0.39, 0.29) is 25.7 Å². The van der Waals surface area contributed by atoms with Crippen molar-refractivity contribution in [2.24, 2.45) is 17.8 Å². The first kappa shape index (κ1) is 107. The molecule has 19 heteroatoms. The van der Waals surface area contributed by atoms with Gasteiger partial charge in [-0.2, -0.15) is 0 Å². The van der Waals surface area contributed by atoms with E-state index in [1.807, 2.05) is 0 Å². The Hall–Kier alpha value is -1.94. The summed E-state index contributed by atoms with van der Waals surface area (Å²) in [5.41, 5.74) is 0. The van der Waals surface area contributed by atoms with Gasteiger partial charge in [0.1, 0.15) is 19.3 Å². The molecule has 0 heterocycles. The van der Waals surface area contributed by atoms with Gasteiger partial charge >= 0.3 is 39.5 Å². The second-order valence-corrected chi connectivity index (χ2v) is 36.4. The fraction of sp³-hybridized carbons (Fsp3) is 0.956. The largest absolute Gasteiger partial charge is 0.472 e. The molecule has 0 fully saturated rings. The van der Waals surface area contributed by atoms with Crippen LogP contribution in [0.25, 0.3) is 0 Å². The Morgan fingerprint density at radius 1 is 0.266 bits per heavy atom. The second-order valence-electron chi connectivity index (χ2n) is 33.5. The van der Waals surface area contributed by atoms with E-state index in [9.17, 15) is 43.2 Å². The first-order valence-electron chi connectivity index (χ1n) is 46.4. The molecule has 17 nitrogen and oxygen atoms in total. The van der Waals surface area contributed by atoms with Gasteiger partial charge in [0.15, 0.2) is 12.2 Å². The van der Waals surface area contributed by atoms with E-state index in [0.29, 0.717) is 25.7 Å². The van der Waals surface area contributed by atoms with Crippen molar-refractivity contribution in [3.05, 3.63) is 0 Å². The minimum atomic E-state index is -4.97. The fourth-order valence-electron chi connectivity index (χ4n) is 14.0. The number of rotatable bonds is 88. The summed E-state index contributed by atoms with van der Waals surface area (Å²) in [6.07, 6.45) is 72.1. The number of hydrogen-bond acceptors (Lipinski definition) is 15. The molecule has 0 aromatic rings. The maximum atomic E-state index is 13.2. The van der Waals surface area contributed by atoms with E-state index in [2.05, 4.69) is 48.5 Å². The van der Waals surface area contributed by atoms with Gasteiger partial charge in [-0.05, 0) is 43.4 Å². The van der Waals surface area contributed by atoms with Crippen LogP contribution in [-0.4, -0.2) is 96.7 Å². The number of carbonyl (C=O) groups is 4. The predicted molar refractivity (Wildman–Crippen MR) is 451 cm³/mol. The van der Waals surface area contributed by atoms with Crippen molar-refractivity contribution < 1.29 is 80.2 Å². The van der Waals surface area contributed by atoms with Crippen LogP contribution < -0.4 is 0 Å². The van der Waals surface area contributed by atoms with Crippen molar-refractivity contribution in [3.8, 4) is 0 Å². The normalized spacial score (nSPS) is 14.1. The molecule has 648 valence electrons. The lowest BCUT2D eigenvalue weighted by Crippen LogP contribution is -2.30. The van der Waals surface area contributed by atoms with Crippen LogP contribution >= 0.6 is 15.6 Å². The van der Waals surface area contributed by atoms with Crippen molar-refractivity contribution in [3.63, 3.8) is 0 Å². The van der Waals surface area contributed by atoms with E-state index >= 15 is 0 Å². The Labute approximate surface area is 670 Å². The summed E-state index contributed by atoms with van der Waals surface area (Å²) >= 11 is 0. The van der Waals surface area contributed by atoms with Gasteiger partial charge in [0.25, 0.3) is 0 Å². The van der Waals surface area contributed by atoms with Gasteiger partial charge in [-0.25, -0.2) is 9.13 Å². The van der Waals surface area contributed by atoms with Crippen molar-refractivity contribution in [2.75, 3.05) is 39.6 Å². The Morgan fingerprint density at radius 3 is 0.697 bits per heavy atom. The third-order valence-corrected chi connectivity index (χ3v) is 23.4. The summed E-state index contributed by atoms with van der Waals surface area (Å²) in [6, 6.07) is 0. The topological polar surface area (TPSA) is 237 Å². The van der Waals surface area contributed by atoms with Gasteiger partial charge in [0.05, 0.1) is 26.4 Å². The monoisotopic (exact) mass is 1590 g/mol. The number of esters is 4. The molecule has 3 N–H and O–H groups in total. The average molecular weight is 1590 g/mol. The van der Waals surface area contributed by atoms with Crippen LogP contribution in [-0.2, 0) is 65.4 Å². The van der Waals surface area contributed by atoms with Crippen molar-refractivity contribution in [2.45, 2.75) is 497 Å². The number of carbonyl (C=O) groups excluding carboxylic acids is 4. The van der Waals surface area contributed by atoms with Gasteiger partial charge < -0.3 is 33.8 Å². The fourth-order valence-corrected chi connectivity index (χ4v) is 15.6. The lowest BCUT2D eigenvalue weighted by atomic mass is 9.99. The predicted octanol–water partition coefficient (Wildman–Crippen LogP) is 27.6. The summed E-state index contributed by atoms with van der Waals surface area (Å²) < 4.78 is 69.1. The maximum Gasteiger partial charge on any atom is 0.472 e. The van der Waals surface area contributed by atoms with Crippen molar-refractivity contribution >= 4 is 39.5 Å². The first-order chi connectivity index (χ1) is 52.8. The Bertz CT molecular complexity index is 2100. The standard InChI is InChI=1S/C90H176O17P2/c1-8-10-11-12-13-14-15-36-43-50-57-64-71-87(92)100-77-85(106-90(95)74-67-60-53-46-39-32-26-25-29-35-42-49-56-63-70-83(7)9-2)79-104-108(96,97)102-75-84(91)76-103-109(98,99)105-80-86(78-101-88(93)72-65-58-51-44-37-30-24-20-22-28-34-41-48-55-62-69-82(5)6)107-89(94)73-66-59-52-45-38-31-23-19-17-16-18-21-27-33-40-47-54-61-68-81(3)4/h81-86,91H,8-80H2,1-7H3,(H,96,97)(H,98,99)/t83?,84-,85+,86+/m0/s1. The van der Waals surface area contributed by atoms with E-state index < -0.39 is 97.5 Å². The van der Waals surface area contributed by atoms with Gasteiger partial charge in [-0.1, -0.05) is 427 Å². The number of phosphoric ester groups is 2. The molecular weight excluding hydrogens is 1410 g/mol. The van der Waals surface area contributed by atoms with Gasteiger partial charge in [0, 0.05) is 25.7 Å². The number of aliphatic hydroxyl groups excluding tert-OH is 1. The number of phosphoric acid groups is 2. The van der Waals surface area contributed by atoms with E-state index in [4.69, 9.17) is 37.0 Å². The van der Waals surface area contributed by atoms with Crippen LogP contribution in [0.15, 0.2) is 0 Å². The number of ether oxygens (including phenoxy) is 4. The van der Waals surface area contributed by atoms with Crippen LogP contribution in [0.4, 0.5) is 0 Å². The van der Waals surface area contributed by atoms with Crippen LogP contribution in [0.2, 0.25) is 0 Å². The van der Waals surface area contributed by atoms with Gasteiger partial charge in [0.2, 0.25) is 0 Å². The lowest BCUT2D eigenvalue weighted by molar-refractivity contribution is -0.161. The molecule has 6 atom stereocenters. The van der Waals surface area contributed by atoms with Crippen molar-refractivity contribution in [1.29, 1.82) is 0 Å². The molecule has 0 bridgehead atoms. The minimum Gasteiger partial charge on any atom is -0.462 e. The van der Waals surface area contributed by atoms with Crippen LogP contribution in [0.1, 0.15) is 479 Å². The van der Waals surface area contributed by atoms with Gasteiger partial charge in [-0.15, -0.1) is 0 Å². The molecule has 0 aliphatic heterocycles. The Morgan fingerprint density at radius 2 is 0.468 bits per heavy atom. The third-order valence-electron chi connectivity index (χ3n) is 21.5. The molecule has 0 saturated carbocycles. The minimum absolute atomic E-state index is 0.108. The zero-order valence-electron chi connectivity index (χ0n) is 72.0. The molecule has 0 amide bonds. The highest BCUT2D eigenvalue weighted by molar-refractivity contribution is 7.47. The highest BCUT2D eigenvalue weighted by Crippen LogP contribution is 2.45. The molecule has 3 unspecified atom stereocenters. The molecule has 109 heavy (non-hydrogen) atoms. The third kappa shape index (κ3) is 82.4. The number of hydrogen-bond donors (Lipinski definition) is 3. The molecule has 0 rings (SSSR count). The van der Waals surface area contributed by atoms with E-state index in [1.165, 1.54) is 289 Å². The smallest absolute Gasteiger partial charge is 0.462 e. The molecule has 0 radical (unpaired) electrons. The molecule has 0 spiro atoms. The summed E-state index contributed by atoms with van der Waals surface area (Å²) in [7, 11) is -9.94. The number of aliphatic hydroxyl groups is 1. The Balaban J connectivity index is 5.26. The Kier molecular flexibility index (Phi) is 78.5. The van der Waals surface area contributed by atoms with Crippen LogP contribution in [0, 0.1) is 17.8 Å².